The van der Waals surface area contributed by atoms with Crippen LogP contribution >= 0.6 is 0 Å². The molecule has 3 fully saturated rings. The molecule has 0 unspecified atom stereocenters. The van der Waals surface area contributed by atoms with Crippen LogP contribution in [-0.2, 0) is 21.4 Å². The van der Waals surface area contributed by atoms with Gasteiger partial charge in [-0.15, -0.1) is 0 Å². The Morgan fingerprint density at radius 2 is 2.00 bits per heavy atom. The zero-order chi connectivity index (χ0) is 17.6. The van der Waals surface area contributed by atoms with Gasteiger partial charge in [-0.1, -0.05) is 19.3 Å². The Bertz CT molecular complexity index is 680. The van der Waals surface area contributed by atoms with Gasteiger partial charge >= 0.3 is 0 Å². The molecule has 1 aromatic heterocycles. The largest absolute Gasteiger partial charge is 0.356 e. The molecule has 136 valence electrons. The molecule has 0 aromatic carbocycles. The van der Waals surface area contributed by atoms with Gasteiger partial charge in [0.1, 0.15) is 6.61 Å². The van der Waals surface area contributed by atoms with Gasteiger partial charge in [-0.2, -0.15) is 5.10 Å². The molecule has 3 heterocycles. The SMILES string of the molecule is CN1C(=O)CO[C@@H](C(=O)N2CCC23CCCCC3)[C@@H]1c1cnn(C)c1. The van der Waals surface area contributed by atoms with Crippen LogP contribution in [0.2, 0.25) is 0 Å². The molecule has 1 aromatic rings. The minimum Gasteiger partial charge on any atom is -0.356 e. The van der Waals surface area contributed by atoms with Gasteiger partial charge in [0.2, 0.25) is 5.91 Å². The molecule has 7 nitrogen and oxygen atoms in total. The van der Waals surface area contributed by atoms with Crippen LogP contribution in [0.25, 0.3) is 0 Å². The van der Waals surface area contributed by atoms with Crippen LogP contribution < -0.4 is 0 Å². The normalized spacial score (nSPS) is 29.0. The number of carbonyl (C=O) groups excluding carboxylic acids is 2. The molecule has 1 spiro atoms. The number of amides is 2. The maximum atomic E-state index is 13.3. The summed E-state index contributed by atoms with van der Waals surface area (Å²) < 4.78 is 7.46. The van der Waals surface area contributed by atoms with Crippen LogP contribution in [0.4, 0.5) is 0 Å². The number of aryl methyl sites for hydroxylation is 1. The lowest BCUT2D eigenvalue weighted by Gasteiger charge is -2.56. The Morgan fingerprint density at radius 1 is 1.24 bits per heavy atom. The standard InChI is InChI=1S/C18H26N4O3/c1-20-11-13(10-19-20)15-16(25-12-14(23)21(15)2)17(24)22-9-8-18(22)6-4-3-5-7-18/h10-11,15-16H,3-9,12H2,1-2H3/t15-,16+/m0/s1. The Kier molecular flexibility index (Phi) is 4.06. The van der Waals surface area contributed by atoms with Crippen molar-refractivity contribution in [3.8, 4) is 0 Å². The summed E-state index contributed by atoms with van der Waals surface area (Å²) in [6.45, 7) is 0.765. The number of carbonyl (C=O) groups is 2. The fourth-order valence-electron chi connectivity index (χ4n) is 4.68. The van der Waals surface area contributed by atoms with E-state index in [1.54, 1.807) is 22.8 Å². The average Bonchev–Trinajstić information content (AvgIpc) is 3.02. The summed E-state index contributed by atoms with van der Waals surface area (Å²) in [4.78, 5) is 29.1. The van der Waals surface area contributed by atoms with E-state index in [0.717, 1.165) is 31.4 Å². The van der Waals surface area contributed by atoms with Crippen molar-refractivity contribution in [1.82, 2.24) is 19.6 Å². The maximum Gasteiger partial charge on any atom is 0.254 e. The number of hydrogen-bond acceptors (Lipinski definition) is 4. The van der Waals surface area contributed by atoms with Crippen LogP contribution in [-0.4, -0.2) is 63.2 Å². The lowest BCUT2D eigenvalue weighted by molar-refractivity contribution is -0.179. The van der Waals surface area contributed by atoms with Gasteiger partial charge in [-0.3, -0.25) is 14.3 Å². The number of aromatic nitrogens is 2. The molecule has 2 atom stereocenters. The van der Waals surface area contributed by atoms with Gasteiger partial charge in [-0.05, 0) is 19.3 Å². The predicted molar refractivity (Wildman–Crippen MR) is 90.6 cm³/mol. The Labute approximate surface area is 147 Å². The molecule has 0 N–H and O–H groups in total. The summed E-state index contributed by atoms with van der Waals surface area (Å²) in [6, 6.07) is -0.413. The molecule has 1 saturated carbocycles. The first-order chi connectivity index (χ1) is 12.0. The first kappa shape index (κ1) is 16.6. The number of likely N-dealkylation sites (tertiary alicyclic amines) is 1. The third-order valence-corrected chi connectivity index (χ3v) is 6.22. The topological polar surface area (TPSA) is 67.7 Å². The minimum absolute atomic E-state index is 0.0290. The smallest absolute Gasteiger partial charge is 0.254 e. The number of rotatable bonds is 2. The molecule has 4 rings (SSSR count). The molecule has 2 amide bonds. The van der Waals surface area contributed by atoms with Gasteiger partial charge in [0.05, 0.1) is 12.2 Å². The Morgan fingerprint density at radius 3 is 2.60 bits per heavy atom. The fourth-order valence-corrected chi connectivity index (χ4v) is 4.68. The van der Waals surface area contributed by atoms with E-state index in [-0.39, 0.29) is 24.0 Å². The van der Waals surface area contributed by atoms with Crippen molar-refractivity contribution in [2.24, 2.45) is 7.05 Å². The van der Waals surface area contributed by atoms with E-state index in [1.807, 2.05) is 18.1 Å². The molecule has 0 radical (unpaired) electrons. The van der Waals surface area contributed by atoms with Gasteiger partial charge < -0.3 is 14.5 Å². The Hall–Kier alpha value is -1.89. The van der Waals surface area contributed by atoms with Crippen LogP contribution in [0, 0.1) is 0 Å². The zero-order valence-corrected chi connectivity index (χ0v) is 15.0. The molecule has 7 heteroatoms. The molecule has 3 aliphatic rings. The quantitative estimate of drug-likeness (QED) is 0.808. The molecule has 2 aliphatic heterocycles. The van der Waals surface area contributed by atoms with Gasteiger partial charge in [0, 0.05) is 37.9 Å². The van der Waals surface area contributed by atoms with Gasteiger partial charge in [0.15, 0.2) is 6.10 Å². The monoisotopic (exact) mass is 346 g/mol. The van der Waals surface area contributed by atoms with Crippen LogP contribution in [0.1, 0.15) is 50.1 Å². The predicted octanol–water partition coefficient (Wildman–Crippen LogP) is 1.25. The van der Waals surface area contributed by atoms with E-state index in [4.69, 9.17) is 4.74 Å². The summed E-state index contributed by atoms with van der Waals surface area (Å²) in [6.07, 6.45) is 9.86. The fraction of sp³-hybridized carbons (Fsp3) is 0.722. The highest BCUT2D eigenvalue weighted by molar-refractivity contribution is 5.87. The summed E-state index contributed by atoms with van der Waals surface area (Å²) in [5, 5.41) is 4.21. The lowest BCUT2D eigenvalue weighted by atomic mass is 9.72. The van der Waals surface area contributed by atoms with E-state index >= 15 is 0 Å². The molecule has 25 heavy (non-hydrogen) atoms. The van der Waals surface area contributed by atoms with Crippen molar-refractivity contribution in [1.29, 1.82) is 0 Å². The summed E-state index contributed by atoms with van der Waals surface area (Å²) in [7, 11) is 3.58. The van der Waals surface area contributed by atoms with Crippen LogP contribution in [0.3, 0.4) is 0 Å². The van der Waals surface area contributed by atoms with Crippen molar-refractivity contribution < 1.29 is 14.3 Å². The van der Waals surface area contributed by atoms with Gasteiger partial charge in [0.25, 0.3) is 5.91 Å². The maximum absolute atomic E-state index is 13.3. The zero-order valence-electron chi connectivity index (χ0n) is 15.0. The minimum atomic E-state index is -0.647. The first-order valence-electron chi connectivity index (χ1n) is 9.19. The summed E-state index contributed by atoms with van der Waals surface area (Å²) >= 11 is 0. The van der Waals surface area contributed by atoms with Crippen molar-refractivity contribution >= 4 is 11.8 Å². The highest BCUT2D eigenvalue weighted by atomic mass is 16.5. The number of likely N-dealkylation sites (N-methyl/N-ethyl adjacent to an activating group) is 1. The Balaban J connectivity index is 1.60. The van der Waals surface area contributed by atoms with Crippen LogP contribution in [0.15, 0.2) is 12.4 Å². The van der Waals surface area contributed by atoms with Crippen molar-refractivity contribution in [3.63, 3.8) is 0 Å². The average molecular weight is 346 g/mol. The highest BCUT2D eigenvalue weighted by Crippen LogP contribution is 2.44. The summed E-state index contributed by atoms with van der Waals surface area (Å²) in [5.74, 6) is -0.0738. The second kappa shape index (κ2) is 6.12. The molecule has 1 aliphatic carbocycles. The van der Waals surface area contributed by atoms with E-state index in [2.05, 4.69) is 5.10 Å². The van der Waals surface area contributed by atoms with Crippen molar-refractivity contribution in [2.45, 2.75) is 56.2 Å². The number of nitrogens with zero attached hydrogens (tertiary/aromatic N) is 4. The third-order valence-electron chi connectivity index (χ3n) is 6.22. The van der Waals surface area contributed by atoms with Crippen molar-refractivity contribution in [2.75, 3.05) is 20.2 Å². The molecule has 0 bridgehead atoms. The number of ether oxygens (including phenoxy) is 1. The summed E-state index contributed by atoms with van der Waals surface area (Å²) in [5.41, 5.74) is 0.882. The third kappa shape index (κ3) is 2.65. The van der Waals surface area contributed by atoms with E-state index in [9.17, 15) is 9.59 Å². The second-order valence-electron chi connectivity index (χ2n) is 7.65. The second-order valence-corrected chi connectivity index (χ2v) is 7.65. The van der Waals surface area contributed by atoms with E-state index in [1.165, 1.54) is 19.3 Å². The van der Waals surface area contributed by atoms with E-state index < -0.39 is 12.1 Å². The molecular formula is C18H26N4O3. The van der Waals surface area contributed by atoms with Crippen LogP contribution in [0.5, 0.6) is 0 Å². The number of hydrogen-bond donors (Lipinski definition) is 0. The highest BCUT2D eigenvalue weighted by Gasteiger charge is 2.52. The molecular weight excluding hydrogens is 320 g/mol. The lowest BCUT2D eigenvalue weighted by Crippen LogP contribution is -2.66. The first-order valence-corrected chi connectivity index (χ1v) is 9.19. The molecule has 2 saturated heterocycles. The van der Waals surface area contributed by atoms with Crippen molar-refractivity contribution in [3.05, 3.63) is 18.0 Å². The van der Waals surface area contributed by atoms with E-state index in [0.29, 0.717) is 0 Å². The number of morpholine rings is 1. The van der Waals surface area contributed by atoms with Gasteiger partial charge in [-0.25, -0.2) is 0 Å².